The summed E-state index contributed by atoms with van der Waals surface area (Å²) in [5.74, 6) is 1.20. The Kier molecular flexibility index (Phi) is 5.33. The van der Waals surface area contributed by atoms with Crippen molar-refractivity contribution in [3.63, 3.8) is 0 Å². The van der Waals surface area contributed by atoms with Crippen molar-refractivity contribution in [2.75, 3.05) is 13.7 Å². The molecule has 3 heterocycles. The van der Waals surface area contributed by atoms with Crippen LogP contribution in [0.15, 0.2) is 18.3 Å². The number of likely N-dealkylation sites (tertiary alicyclic amines) is 1. The summed E-state index contributed by atoms with van der Waals surface area (Å²) >= 11 is 0. The average Bonchev–Trinajstić information content (AvgIpc) is 3.04. The molecule has 0 unspecified atom stereocenters. The van der Waals surface area contributed by atoms with Gasteiger partial charge in [-0.15, -0.1) is 0 Å². The predicted octanol–water partition coefficient (Wildman–Crippen LogP) is 3.09. The molecular weight excluding hydrogens is 335 g/mol. The molecule has 25 heavy (non-hydrogen) atoms. The number of hydrogen-bond donors (Lipinski definition) is 1. The number of piperidine rings is 1. The fourth-order valence-corrected chi connectivity index (χ4v) is 3.15. The highest BCUT2D eigenvalue weighted by atomic mass is 19.4. The second kappa shape index (κ2) is 7.49. The van der Waals surface area contributed by atoms with Gasteiger partial charge in [-0.05, 0) is 31.5 Å². The lowest BCUT2D eigenvalue weighted by Crippen LogP contribution is -2.34. The molecule has 1 aliphatic heterocycles. The minimum Gasteiger partial charge on any atom is -0.377 e. The average molecular weight is 355 g/mol. The SMILES string of the molecule is COCc1nc([C@@H]2CCCCN2Cc2ncccc2C(F)(F)F)n[nH]1. The van der Waals surface area contributed by atoms with Crippen LogP contribution >= 0.6 is 0 Å². The zero-order valence-corrected chi connectivity index (χ0v) is 13.9. The van der Waals surface area contributed by atoms with Crippen LogP contribution in [0, 0.1) is 0 Å². The van der Waals surface area contributed by atoms with E-state index in [0.717, 1.165) is 25.3 Å². The number of halogens is 3. The maximum atomic E-state index is 13.2. The van der Waals surface area contributed by atoms with Crippen molar-refractivity contribution in [1.29, 1.82) is 0 Å². The molecule has 0 aliphatic carbocycles. The smallest absolute Gasteiger partial charge is 0.377 e. The lowest BCUT2D eigenvalue weighted by molar-refractivity contribution is -0.138. The Bertz CT molecular complexity index is 703. The molecule has 2 aromatic rings. The number of hydrogen-bond acceptors (Lipinski definition) is 5. The Hall–Kier alpha value is -2.00. The van der Waals surface area contributed by atoms with Crippen LogP contribution in [0.2, 0.25) is 0 Å². The van der Waals surface area contributed by atoms with E-state index < -0.39 is 11.7 Å². The molecule has 1 N–H and O–H groups in total. The number of rotatable bonds is 5. The van der Waals surface area contributed by atoms with E-state index in [1.807, 2.05) is 4.90 Å². The maximum absolute atomic E-state index is 13.2. The van der Waals surface area contributed by atoms with Gasteiger partial charge in [-0.3, -0.25) is 15.0 Å². The third kappa shape index (κ3) is 4.16. The molecule has 0 spiro atoms. The van der Waals surface area contributed by atoms with Gasteiger partial charge in [0.05, 0.1) is 17.3 Å². The second-order valence-electron chi connectivity index (χ2n) is 6.05. The standard InChI is InChI=1S/C16H20F3N5O/c1-25-10-14-21-15(23-22-14)13-6-2-3-8-24(13)9-12-11(16(17,18)19)5-4-7-20-12/h4-5,7,13H,2-3,6,8-10H2,1H3,(H,21,22,23)/t13-/m0/s1. The van der Waals surface area contributed by atoms with Crippen LogP contribution in [0.25, 0.3) is 0 Å². The summed E-state index contributed by atoms with van der Waals surface area (Å²) < 4.78 is 44.6. The molecular formula is C16H20F3N5O. The molecule has 0 aromatic carbocycles. The molecule has 1 saturated heterocycles. The number of pyridine rings is 1. The summed E-state index contributed by atoms with van der Waals surface area (Å²) in [5.41, 5.74) is -0.649. The maximum Gasteiger partial charge on any atom is 0.418 e. The van der Waals surface area contributed by atoms with Gasteiger partial charge in [0.15, 0.2) is 11.6 Å². The Morgan fingerprint density at radius 1 is 1.36 bits per heavy atom. The summed E-state index contributed by atoms with van der Waals surface area (Å²) in [6.45, 7) is 1.12. The van der Waals surface area contributed by atoms with Gasteiger partial charge in [0, 0.05) is 19.9 Å². The molecule has 1 aliphatic rings. The van der Waals surface area contributed by atoms with E-state index in [-0.39, 0.29) is 18.3 Å². The fraction of sp³-hybridized carbons (Fsp3) is 0.562. The van der Waals surface area contributed by atoms with E-state index in [9.17, 15) is 13.2 Å². The van der Waals surface area contributed by atoms with Gasteiger partial charge in [-0.25, -0.2) is 4.98 Å². The minimum absolute atomic E-state index is 0.0366. The van der Waals surface area contributed by atoms with Gasteiger partial charge >= 0.3 is 6.18 Å². The lowest BCUT2D eigenvalue weighted by atomic mass is 10.0. The first kappa shape index (κ1) is 17.8. The minimum atomic E-state index is -4.41. The molecule has 1 atom stereocenters. The van der Waals surface area contributed by atoms with Gasteiger partial charge in [0.1, 0.15) is 6.61 Å². The van der Waals surface area contributed by atoms with Crippen molar-refractivity contribution < 1.29 is 17.9 Å². The highest BCUT2D eigenvalue weighted by Gasteiger charge is 2.35. The highest BCUT2D eigenvalue weighted by molar-refractivity contribution is 5.23. The Balaban J connectivity index is 1.82. The molecule has 9 heteroatoms. The normalized spacial score (nSPS) is 19.3. The lowest BCUT2D eigenvalue weighted by Gasteiger charge is -2.34. The molecule has 0 saturated carbocycles. The third-order valence-corrected chi connectivity index (χ3v) is 4.29. The van der Waals surface area contributed by atoms with E-state index in [1.54, 1.807) is 7.11 Å². The second-order valence-corrected chi connectivity index (χ2v) is 6.05. The van der Waals surface area contributed by atoms with Crippen LogP contribution in [0.3, 0.4) is 0 Å². The molecule has 136 valence electrons. The molecule has 2 aromatic heterocycles. The molecule has 0 amide bonds. The Morgan fingerprint density at radius 2 is 2.20 bits per heavy atom. The summed E-state index contributed by atoms with van der Waals surface area (Å²) in [5, 5.41) is 7.04. The van der Waals surface area contributed by atoms with Crippen LogP contribution in [0.4, 0.5) is 13.2 Å². The van der Waals surface area contributed by atoms with Crippen molar-refractivity contribution in [2.45, 2.75) is 44.6 Å². The van der Waals surface area contributed by atoms with Crippen molar-refractivity contribution in [1.82, 2.24) is 25.1 Å². The van der Waals surface area contributed by atoms with Crippen molar-refractivity contribution in [2.24, 2.45) is 0 Å². The fourth-order valence-electron chi connectivity index (χ4n) is 3.15. The van der Waals surface area contributed by atoms with E-state index in [4.69, 9.17) is 4.74 Å². The van der Waals surface area contributed by atoms with E-state index in [1.165, 1.54) is 12.3 Å². The van der Waals surface area contributed by atoms with Gasteiger partial charge in [-0.1, -0.05) is 6.42 Å². The van der Waals surface area contributed by atoms with E-state index >= 15 is 0 Å². The van der Waals surface area contributed by atoms with Crippen LogP contribution < -0.4 is 0 Å². The van der Waals surface area contributed by atoms with E-state index in [2.05, 4.69) is 20.2 Å². The van der Waals surface area contributed by atoms with Crippen molar-refractivity contribution in [3.05, 3.63) is 41.2 Å². The monoisotopic (exact) mass is 355 g/mol. The van der Waals surface area contributed by atoms with Crippen LogP contribution in [-0.2, 0) is 24.1 Å². The number of ether oxygens (including phenoxy) is 1. The number of nitrogens with zero attached hydrogens (tertiary/aromatic N) is 4. The van der Waals surface area contributed by atoms with E-state index in [0.29, 0.717) is 24.8 Å². The van der Waals surface area contributed by atoms with Gasteiger partial charge in [0.2, 0.25) is 0 Å². The van der Waals surface area contributed by atoms with Gasteiger partial charge in [0.25, 0.3) is 0 Å². The van der Waals surface area contributed by atoms with Gasteiger partial charge in [-0.2, -0.15) is 18.3 Å². The zero-order valence-electron chi connectivity index (χ0n) is 13.9. The molecule has 0 bridgehead atoms. The molecule has 0 radical (unpaired) electrons. The number of aromatic amines is 1. The summed E-state index contributed by atoms with van der Waals surface area (Å²) in [4.78, 5) is 10.4. The molecule has 1 fully saturated rings. The van der Waals surface area contributed by atoms with Crippen molar-refractivity contribution in [3.8, 4) is 0 Å². The summed E-state index contributed by atoms with van der Waals surface area (Å²) in [6.07, 6.45) is -0.291. The largest absolute Gasteiger partial charge is 0.418 e. The number of aromatic nitrogens is 4. The first-order valence-electron chi connectivity index (χ1n) is 8.14. The van der Waals surface area contributed by atoms with Crippen molar-refractivity contribution >= 4 is 0 Å². The highest BCUT2D eigenvalue weighted by Crippen LogP contribution is 2.34. The number of nitrogens with one attached hydrogen (secondary N) is 1. The topological polar surface area (TPSA) is 66.9 Å². The first-order valence-corrected chi connectivity index (χ1v) is 8.14. The molecule has 3 rings (SSSR count). The van der Waals surface area contributed by atoms with Crippen LogP contribution in [-0.4, -0.2) is 38.7 Å². The number of H-pyrrole nitrogens is 1. The number of alkyl halides is 3. The Morgan fingerprint density at radius 3 is 2.96 bits per heavy atom. The third-order valence-electron chi connectivity index (χ3n) is 4.29. The van der Waals surface area contributed by atoms with Gasteiger partial charge < -0.3 is 4.74 Å². The number of methoxy groups -OCH3 is 1. The molecule has 6 nitrogen and oxygen atoms in total. The Labute approximate surface area is 143 Å². The predicted molar refractivity (Wildman–Crippen MR) is 83.3 cm³/mol. The summed E-state index contributed by atoms with van der Waals surface area (Å²) in [7, 11) is 1.56. The van der Waals surface area contributed by atoms with Crippen LogP contribution in [0.1, 0.15) is 48.2 Å². The zero-order chi connectivity index (χ0) is 17.9. The quantitative estimate of drug-likeness (QED) is 0.893. The van der Waals surface area contributed by atoms with Crippen LogP contribution in [0.5, 0.6) is 0 Å². The summed E-state index contributed by atoms with van der Waals surface area (Å²) in [6, 6.07) is 2.26. The first-order chi connectivity index (χ1) is 12.0.